The van der Waals surface area contributed by atoms with Gasteiger partial charge in [-0.05, 0) is 48.6 Å². The van der Waals surface area contributed by atoms with Gasteiger partial charge in [0.2, 0.25) is 0 Å². The smallest absolute Gasteiger partial charge is 0.126 e. The van der Waals surface area contributed by atoms with E-state index in [2.05, 4.69) is 12.3 Å². The minimum atomic E-state index is -0.107. The van der Waals surface area contributed by atoms with Crippen molar-refractivity contribution >= 4 is 29.2 Å². The molecule has 2 unspecified atom stereocenters. The Morgan fingerprint density at radius 2 is 2.53 bits per heavy atom. The summed E-state index contributed by atoms with van der Waals surface area (Å²) in [6.07, 6.45) is 5.28. The molecular weight excluding hydrogens is 228 g/mol. The number of thiophene rings is 1. The van der Waals surface area contributed by atoms with E-state index in [4.69, 9.17) is 11.6 Å². The number of halogens is 1. The molecule has 0 N–H and O–H groups in total. The zero-order valence-electron chi connectivity index (χ0n) is 8.83. The van der Waals surface area contributed by atoms with Crippen molar-refractivity contribution in [2.45, 2.75) is 32.6 Å². The number of hydrogen-bond donors (Lipinski definition) is 0. The molecular formula is C12H15ClOS. The number of carbonyl (C=O) groups is 1. The third kappa shape index (κ3) is 2.43. The van der Waals surface area contributed by atoms with Crippen molar-refractivity contribution in [2.24, 2.45) is 11.3 Å². The number of carbonyl (C=O) groups excluding carboxylic acids is 1. The molecule has 1 aromatic heterocycles. The molecule has 0 bridgehead atoms. The first-order chi connectivity index (χ1) is 7.13. The average molecular weight is 243 g/mol. The molecule has 0 aromatic carbocycles. The van der Waals surface area contributed by atoms with Gasteiger partial charge in [-0.25, -0.2) is 0 Å². The molecule has 1 aromatic rings. The van der Waals surface area contributed by atoms with Crippen molar-refractivity contribution < 1.29 is 4.79 Å². The van der Waals surface area contributed by atoms with Crippen molar-refractivity contribution in [3.63, 3.8) is 0 Å². The van der Waals surface area contributed by atoms with Gasteiger partial charge in [-0.1, -0.05) is 18.5 Å². The van der Waals surface area contributed by atoms with Crippen molar-refractivity contribution in [3.8, 4) is 0 Å². The van der Waals surface area contributed by atoms with Crippen molar-refractivity contribution in [3.05, 3.63) is 21.3 Å². The lowest BCUT2D eigenvalue weighted by molar-refractivity contribution is -0.116. The summed E-state index contributed by atoms with van der Waals surface area (Å²) in [5.41, 5.74) is 1.11. The van der Waals surface area contributed by atoms with Gasteiger partial charge in [0.05, 0.1) is 4.34 Å². The van der Waals surface area contributed by atoms with Crippen LogP contribution in [0.15, 0.2) is 11.4 Å². The Bertz CT molecular complexity index is 360. The topological polar surface area (TPSA) is 17.1 Å². The zero-order chi connectivity index (χ0) is 10.9. The van der Waals surface area contributed by atoms with Gasteiger partial charge in [-0.15, -0.1) is 11.3 Å². The van der Waals surface area contributed by atoms with Crippen LogP contribution in [0.25, 0.3) is 0 Å². The van der Waals surface area contributed by atoms with Gasteiger partial charge in [0.15, 0.2) is 0 Å². The quantitative estimate of drug-likeness (QED) is 0.734. The van der Waals surface area contributed by atoms with Crippen LogP contribution in [0.4, 0.5) is 0 Å². The van der Waals surface area contributed by atoms with Crippen LogP contribution < -0.4 is 0 Å². The lowest BCUT2D eigenvalue weighted by Crippen LogP contribution is -2.21. The summed E-state index contributed by atoms with van der Waals surface area (Å²) in [4.78, 5) is 11.3. The summed E-state index contributed by atoms with van der Waals surface area (Å²) in [5.74, 6) is 0.685. The molecule has 1 fully saturated rings. The first-order valence-electron chi connectivity index (χ1n) is 5.33. The maximum absolute atomic E-state index is 11.3. The van der Waals surface area contributed by atoms with Crippen LogP contribution in [0, 0.1) is 11.3 Å². The van der Waals surface area contributed by atoms with Gasteiger partial charge in [-0.2, -0.15) is 0 Å². The van der Waals surface area contributed by atoms with Crippen molar-refractivity contribution in [1.82, 2.24) is 0 Å². The number of aldehydes is 1. The van der Waals surface area contributed by atoms with Crippen molar-refractivity contribution in [2.75, 3.05) is 0 Å². The van der Waals surface area contributed by atoms with Crippen LogP contribution in [-0.4, -0.2) is 6.29 Å². The molecule has 0 spiro atoms. The van der Waals surface area contributed by atoms with E-state index < -0.39 is 0 Å². The fourth-order valence-electron chi connectivity index (χ4n) is 2.59. The molecule has 2 atom stereocenters. The van der Waals surface area contributed by atoms with Gasteiger partial charge in [0, 0.05) is 5.41 Å². The Morgan fingerprint density at radius 3 is 3.00 bits per heavy atom. The fourth-order valence-corrected chi connectivity index (χ4v) is 3.49. The fraction of sp³-hybridized carbons (Fsp3) is 0.583. The van der Waals surface area contributed by atoms with Crippen LogP contribution in [0.1, 0.15) is 31.7 Å². The first-order valence-corrected chi connectivity index (χ1v) is 6.58. The predicted octanol–water partition coefficient (Wildman–Crippen LogP) is 3.95. The highest BCUT2D eigenvalue weighted by Crippen LogP contribution is 2.43. The molecule has 0 radical (unpaired) electrons. The summed E-state index contributed by atoms with van der Waals surface area (Å²) in [6, 6.07) is 1.99. The summed E-state index contributed by atoms with van der Waals surface area (Å²) >= 11 is 7.44. The van der Waals surface area contributed by atoms with E-state index in [9.17, 15) is 4.79 Å². The molecule has 15 heavy (non-hydrogen) atoms. The number of rotatable bonds is 3. The Morgan fingerprint density at radius 1 is 1.73 bits per heavy atom. The van der Waals surface area contributed by atoms with E-state index in [0.29, 0.717) is 5.92 Å². The highest BCUT2D eigenvalue weighted by Gasteiger charge is 2.37. The number of hydrogen-bond acceptors (Lipinski definition) is 2. The Hall–Kier alpha value is -0.340. The van der Waals surface area contributed by atoms with Gasteiger partial charge in [0.25, 0.3) is 0 Å². The van der Waals surface area contributed by atoms with E-state index in [-0.39, 0.29) is 5.41 Å². The standard InChI is InChI=1S/C12H15ClOS/c1-9-2-3-12(5-9,8-14)6-10-4-11(13)15-7-10/h4,7-9H,2-3,5-6H2,1H3. The molecule has 1 aliphatic carbocycles. The molecule has 1 saturated carbocycles. The lowest BCUT2D eigenvalue weighted by Gasteiger charge is -2.21. The van der Waals surface area contributed by atoms with E-state index in [0.717, 1.165) is 23.6 Å². The highest BCUT2D eigenvalue weighted by atomic mass is 35.5. The van der Waals surface area contributed by atoms with E-state index in [1.165, 1.54) is 18.3 Å². The van der Waals surface area contributed by atoms with Crippen LogP contribution >= 0.6 is 22.9 Å². The second-order valence-corrected chi connectivity index (χ2v) is 6.31. The SMILES string of the molecule is CC1CCC(C=O)(Cc2csc(Cl)c2)C1. The summed E-state index contributed by atoms with van der Waals surface area (Å²) in [7, 11) is 0. The summed E-state index contributed by atoms with van der Waals surface area (Å²) in [5, 5.41) is 2.07. The summed E-state index contributed by atoms with van der Waals surface area (Å²) in [6.45, 7) is 2.23. The Kier molecular flexibility index (Phi) is 3.17. The minimum Gasteiger partial charge on any atom is -0.303 e. The molecule has 3 heteroatoms. The lowest BCUT2D eigenvalue weighted by atomic mass is 9.81. The molecule has 0 aliphatic heterocycles. The van der Waals surface area contributed by atoms with E-state index in [1.807, 2.05) is 6.07 Å². The maximum Gasteiger partial charge on any atom is 0.126 e. The van der Waals surface area contributed by atoms with Gasteiger partial charge in [0.1, 0.15) is 6.29 Å². The van der Waals surface area contributed by atoms with Gasteiger partial charge < -0.3 is 4.79 Å². The molecule has 0 saturated heterocycles. The maximum atomic E-state index is 11.3. The largest absolute Gasteiger partial charge is 0.303 e. The molecule has 1 heterocycles. The van der Waals surface area contributed by atoms with Crippen LogP contribution in [0.3, 0.4) is 0 Å². The third-order valence-corrected chi connectivity index (χ3v) is 4.46. The monoisotopic (exact) mass is 242 g/mol. The Balaban J connectivity index is 2.12. The average Bonchev–Trinajstić information content (AvgIpc) is 2.75. The highest BCUT2D eigenvalue weighted by molar-refractivity contribution is 7.14. The first kappa shape index (κ1) is 11.2. The second-order valence-electron chi connectivity index (χ2n) is 4.76. The zero-order valence-corrected chi connectivity index (χ0v) is 10.4. The van der Waals surface area contributed by atoms with Crippen molar-refractivity contribution in [1.29, 1.82) is 0 Å². The van der Waals surface area contributed by atoms with Crippen LogP contribution in [-0.2, 0) is 11.2 Å². The molecule has 0 amide bonds. The van der Waals surface area contributed by atoms with Crippen LogP contribution in [0.5, 0.6) is 0 Å². The predicted molar refractivity (Wildman–Crippen MR) is 64.5 cm³/mol. The molecule has 1 nitrogen and oxygen atoms in total. The van der Waals surface area contributed by atoms with E-state index >= 15 is 0 Å². The van der Waals surface area contributed by atoms with E-state index in [1.54, 1.807) is 11.3 Å². The summed E-state index contributed by atoms with van der Waals surface area (Å²) < 4.78 is 0.817. The normalized spacial score (nSPS) is 30.7. The molecule has 82 valence electrons. The minimum absolute atomic E-state index is 0.107. The third-order valence-electron chi connectivity index (χ3n) is 3.32. The van der Waals surface area contributed by atoms with Crippen LogP contribution in [0.2, 0.25) is 4.34 Å². The Labute approximate surface area is 99.5 Å². The second kappa shape index (κ2) is 4.26. The van der Waals surface area contributed by atoms with Gasteiger partial charge in [-0.3, -0.25) is 0 Å². The molecule has 2 rings (SSSR count). The molecule has 1 aliphatic rings. The van der Waals surface area contributed by atoms with Gasteiger partial charge >= 0.3 is 0 Å².